The van der Waals surface area contributed by atoms with E-state index in [0.717, 1.165) is 16.5 Å². The number of carbonyl (C=O) groups is 1. The summed E-state index contributed by atoms with van der Waals surface area (Å²) >= 11 is 5.74. The zero-order valence-electron chi connectivity index (χ0n) is 17.5. The van der Waals surface area contributed by atoms with Gasteiger partial charge < -0.3 is 11.1 Å². The smallest absolute Gasteiger partial charge is 0.292 e. The van der Waals surface area contributed by atoms with Crippen LogP contribution in [0.3, 0.4) is 0 Å². The summed E-state index contributed by atoms with van der Waals surface area (Å²) < 4.78 is 0. The fourth-order valence-corrected chi connectivity index (χ4v) is 3.97. The van der Waals surface area contributed by atoms with Gasteiger partial charge in [-0.2, -0.15) is 0 Å². The lowest BCUT2D eigenvalue weighted by Gasteiger charge is -2.28. The van der Waals surface area contributed by atoms with E-state index in [2.05, 4.69) is 5.32 Å². The number of hydrogen-bond acceptors (Lipinski definition) is 4. The van der Waals surface area contributed by atoms with Gasteiger partial charge in [-0.3, -0.25) is 19.8 Å². The molecule has 3 N–H and O–H groups in total. The van der Waals surface area contributed by atoms with Crippen molar-refractivity contribution in [2.24, 2.45) is 5.73 Å². The summed E-state index contributed by atoms with van der Waals surface area (Å²) in [7, 11) is 0. The van der Waals surface area contributed by atoms with Crippen LogP contribution in [-0.2, 0) is 11.2 Å². The van der Waals surface area contributed by atoms with Crippen molar-refractivity contribution in [1.82, 2.24) is 0 Å². The number of amides is 1. The number of carbonyl (C=O) groups excluding carboxylic acids is 1. The average Bonchev–Trinajstić information content (AvgIpc) is 2.80. The van der Waals surface area contributed by atoms with E-state index in [1.807, 2.05) is 66.7 Å². The molecule has 0 radical (unpaired) electrons. The summed E-state index contributed by atoms with van der Waals surface area (Å²) in [4.78, 5) is 24.5. The molecular formula is C25H20N4O3S. The van der Waals surface area contributed by atoms with Crippen molar-refractivity contribution in [1.29, 1.82) is 0 Å². The van der Waals surface area contributed by atoms with E-state index in [-0.39, 0.29) is 22.9 Å². The third-order valence-electron chi connectivity index (χ3n) is 5.13. The standard InChI is InChI=1S/C25H20N4O3S/c26-24(30)16-19-9-3-5-11-22(19)28(20-14-13-17-7-1-2-8-18(17)15-20)25(33)27-21-10-4-6-12-23(21)29(31)32/h1-15H,16H2,(H2,26,30)(H,27,33). The molecule has 1 amide bonds. The number of nitrogens with two attached hydrogens (primary N) is 1. The molecule has 0 fully saturated rings. The molecule has 164 valence electrons. The van der Waals surface area contributed by atoms with Crippen molar-refractivity contribution in [2.45, 2.75) is 6.42 Å². The molecule has 0 aliphatic heterocycles. The number of fused-ring (bicyclic) bond motifs is 1. The number of rotatable bonds is 6. The molecule has 0 spiro atoms. The molecule has 4 rings (SSSR count). The van der Waals surface area contributed by atoms with Gasteiger partial charge in [-0.15, -0.1) is 0 Å². The summed E-state index contributed by atoms with van der Waals surface area (Å²) in [6.07, 6.45) is 0.0222. The van der Waals surface area contributed by atoms with E-state index >= 15 is 0 Å². The fourth-order valence-electron chi connectivity index (χ4n) is 3.66. The third-order valence-corrected chi connectivity index (χ3v) is 5.42. The summed E-state index contributed by atoms with van der Waals surface area (Å²) in [5, 5.41) is 16.8. The Morgan fingerprint density at radius 1 is 0.939 bits per heavy atom. The van der Waals surface area contributed by atoms with Crippen LogP contribution in [-0.4, -0.2) is 15.9 Å². The van der Waals surface area contributed by atoms with Gasteiger partial charge >= 0.3 is 0 Å². The Hall–Kier alpha value is -4.30. The maximum atomic E-state index is 11.7. The molecule has 0 aliphatic carbocycles. The van der Waals surface area contributed by atoms with E-state index in [1.54, 1.807) is 23.1 Å². The van der Waals surface area contributed by atoms with Crippen LogP contribution in [0, 0.1) is 10.1 Å². The highest BCUT2D eigenvalue weighted by molar-refractivity contribution is 7.80. The zero-order chi connectivity index (χ0) is 23.4. The van der Waals surface area contributed by atoms with Crippen molar-refractivity contribution in [3.8, 4) is 0 Å². The largest absolute Gasteiger partial charge is 0.369 e. The molecule has 33 heavy (non-hydrogen) atoms. The molecule has 4 aromatic carbocycles. The second-order valence-corrected chi connectivity index (χ2v) is 7.73. The number of primary amides is 1. The van der Waals surface area contributed by atoms with Gasteiger partial charge in [0.2, 0.25) is 5.91 Å². The van der Waals surface area contributed by atoms with Crippen molar-refractivity contribution in [2.75, 3.05) is 10.2 Å². The minimum absolute atomic E-state index is 0.0222. The maximum Gasteiger partial charge on any atom is 0.292 e. The van der Waals surface area contributed by atoms with Gasteiger partial charge in [0.15, 0.2) is 5.11 Å². The predicted molar refractivity (Wildman–Crippen MR) is 135 cm³/mol. The number of nitro groups is 1. The minimum Gasteiger partial charge on any atom is -0.369 e. The molecule has 0 heterocycles. The summed E-state index contributed by atoms with van der Waals surface area (Å²) in [6, 6.07) is 27.4. The van der Waals surface area contributed by atoms with Crippen LogP contribution in [0.25, 0.3) is 10.8 Å². The molecule has 4 aromatic rings. The van der Waals surface area contributed by atoms with Crippen LogP contribution in [0.15, 0.2) is 91.0 Å². The second-order valence-electron chi connectivity index (χ2n) is 7.34. The minimum atomic E-state index is -0.474. The van der Waals surface area contributed by atoms with Gasteiger partial charge in [-0.05, 0) is 52.8 Å². The van der Waals surface area contributed by atoms with E-state index < -0.39 is 10.8 Å². The maximum absolute atomic E-state index is 11.7. The van der Waals surface area contributed by atoms with E-state index in [4.69, 9.17) is 18.0 Å². The summed E-state index contributed by atoms with van der Waals surface area (Å²) in [6.45, 7) is 0. The molecule has 0 unspecified atom stereocenters. The number of thiocarbonyl (C=S) groups is 1. The molecule has 7 nitrogen and oxygen atoms in total. The number of hydrogen-bond donors (Lipinski definition) is 2. The van der Waals surface area contributed by atoms with Crippen LogP contribution in [0.4, 0.5) is 22.7 Å². The number of nitrogens with one attached hydrogen (secondary N) is 1. The molecule has 0 saturated heterocycles. The number of nitro benzene ring substituents is 1. The molecule has 0 aliphatic rings. The molecule has 0 saturated carbocycles. The summed E-state index contributed by atoms with van der Waals surface area (Å²) in [5.74, 6) is -0.474. The zero-order valence-corrected chi connectivity index (χ0v) is 18.3. The van der Waals surface area contributed by atoms with Crippen LogP contribution in [0.2, 0.25) is 0 Å². The van der Waals surface area contributed by atoms with E-state index in [9.17, 15) is 14.9 Å². The predicted octanol–water partition coefficient (Wildman–Crippen LogP) is 5.31. The van der Waals surface area contributed by atoms with Crippen molar-refractivity contribution in [3.05, 3.63) is 107 Å². The Labute approximate surface area is 195 Å². The van der Waals surface area contributed by atoms with Gasteiger partial charge in [0.25, 0.3) is 5.69 Å². The topological polar surface area (TPSA) is 102 Å². The number of anilines is 3. The highest BCUT2D eigenvalue weighted by atomic mass is 32.1. The first-order valence-electron chi connectivity index (χ1n) is 10.1. The Kier molecular flexibility index (Phi) is 6.28. The summed E-state index contributed by atoms with van der Waals surface area (Å²) in [5.41, 5.74) is 7.73. The first-order valence-corrected chi connectivity index (χ1v) is 10.5. The fraction of sp³-hybridized carbons (Fsp3) is 0.0400. The van der Waals surface area contributed by atoms with Crippen LogP contribution >= 0.6 is 12.2 Å². The van der Waals surface area contributed by atoms with E-state index in [0.29, 0.717) is 11.3 Å². The Morgan fingerprint density at radius 2 is 1.61 bits per heavy atom. The number of nitrogens with zero attached hydrogens (tertiary/aromatic N) is 2. The molecule has 0 aromatic heterocycles. The highest BCUT2D eigenvalue weighted by Gasteiger charge is 2.22. The van der Waals surface area contributed by atoms with Gasteiger partial charge in [0.05, 0.1) is 17.0 Å². The highest BCUT2D eigenvalue weighted by Crippen LogP contribution is 2.33. The lowest BCUT2D eigenvalue weighted by molar-refractivity contribution is -0.383. The van der Waals surface area contributed by atoms with Crippen molar-refractivity contribution < 1.29 is 9.72 Å². The normalized spacial score (nSPS) is 10.5. The molecule has 0 bridgehead atoms. The number of para-hydroxylation sites is 3. The van der Waals surface area contributed by atoms with Crippen LogP contribution in [0.1, 0.15) is 5.56 Å². The van der Waals surface area contributed by atoms with Crippen LogP contribution in [0.5, 0.6) is 0 Å². The quantitative estimate of drug-likeness (QED) is 0.232. The lowest BCUT2D eigenvalue weighted by atomic mass is 10.1. The first kappa shape index (κ1) is 21.9. The second kappa shape index (κ2) is 9.46. The first-order chi connectivity index (χ1) is 15.9. The SMILES string of the molecule is NC(=O)Cc1ccccc1N(C(=S)Nc1ccccc1[N+](=O)[O-])c1ccc2ccccc2c1. The molecule has 0 atom stereocenters. The molecular weight excluding hydrogens is 436 g/mol. The van der Waals surface area contributed by atoms with Gasteiger partial charge in [-0.25, -0.2) is 0 Å². The Bertz CT molecular complexity index is 1370. The number of benzene rings is 4. The molecule has 8 heteroatoms. The van der Waals surface area contributed by atoms with Gasteiger partial charge in [0.1, 0.15) is 5.69 Å². The monoisotopic (exact) mass is 456 g/mol. The van der Waals surface area contributed by atoms with Crippen LogP contribution < -0.4 is 16.0 Å². The van der Waals surface area contributed by atoms with E-state index in [1.165, 1.54) is 6.07 Å². The Morgan fingerprint density at radius 3 is 2.36 bits per heavy atom. The van der Waals surface area contributed by atoms with Crippen molar-refractivity contribution in [3.63, 3.8) is 0 Å². The van der Waals surface area contributed by atoms with Crippen molar-refractivity contribution >= 4 is 56.8 Å². The Balaban J connectivity index is 1.84. The third kappa shape index (κ3) is 4.81. The average molecular weight is 457 g/mol. The van der Waals surface area contributed by atoms with Gasteiger partial charge in [0, 0.05) is 11.8 Å². The van der Waals surface area contributed by atoms with Gasteiger partial charge in [-0.1, -0.05) is 60.7 Å². The lowest BCUT2D eigenvalue weighted by Crippen LogP contribution is -2.32.